The minimum absolute atomic E-state index is 0.231. The summed E-state index contributed by atoms with van der Waals surface area (Å²) in [5, 5.41) is 3.66. The quantitative estimate of drug-likeness (QED) is 0.828. The van der Waals surface area contributed by atoms with E-state index in [0.717, 1.165) is 0 Å². The van der Waals surface area contributed by atoms with E-state index in [1.807, 2.05) is 0 Å². The molecule has 2 aromatic rings. The zero-order valence-electron chi connectivity index (χ0n) is 10.8. The third kappa shape index (κ3) is 3.26. The molecule has 0 aliphatic rings. The monoisotopic (exact) mass is 357 g/mol. The van der Waals surface area contributed by atoms with Crippen molar-refractivity contribution in [2.45, 2.75) is 6.92 Å². The zero-order chi connectivity index (χ0) is 14.5. The Hall–Kier alpha value is -1.67. The zero-order valence-corrected chi connectivity index (χ0v) is 13.2. The van der Waals surface area contributed by atoms with Crippen LogP contribution in [0.3, 0.4) is 0 Å². The van der Waals surface area contributed by atoms with Crippen molar-refractivity contribution < 1.29 is 14.3 Å². The molecule has 0 saturated carbocycles. The van der Waals surface area contributed by atoms with Gasteiger partial charge < -0.3 is 14.8 Å². The lowest BCUT2D eigenvalue weighted by Gasteiger charge is -2.08. The molecule has 1 N–H and O–H groups in total. The van der Waals surface area contributed by atoms with E-state index in [4.69, 9.17) is 9.47 Å². The number of hydrogen-bond acceptors (Lipinski definition) is 7. The topological polar surface area (TPSA) is 73.3 Å². The van der Waals surface area contributed by atoms with E-state index in [0.29, 0.717) is 27.1 Å². The molecular weight excluding hydrogens is 346 g/mol. The Morgan fingerprint density at radius 1 is 1.55 bits per heavy atom. The Bertz CT molecular complexity index is 618. The maximum Gasteiger partial charge on any atom is 0.360 e. The van der Waals surface area contributed by atoms with Crippen molar-refractivity contribution in [1.82, 2.24) is 9.97 Å². The van der Waals surface area contributed by atoms with Crippen LogP contribution in [-0.2, 0) is 4.74 Å². The van der Waals surface area contributed by atoms with E-state index in [2.05, 4.69) is 31.2 Å². The summed E-state index contributed by atoms with van der Waals surface area (Å²) in [6, 6.07) is 3.57. The Morgan fingerprint density at radius 3 is 3.05 bits per heavy atom. The number of ether oxygens (including phenoxy) is 2. The molecular formula is C12H12BrN3O3S. The van der Waals surface area contributed by atoms with Crippen LogP contribution in [0, 0.1) is 0 Å². The fourth-order valence-corrected chi connectivity index (χ4v) is 2.84. The van der Waals surface area contributed by atoms with Gasteiger partial charge in [0.25, 0.3) is 0 Å². The number of carbonyl (C=O) groups is 1. The van der Waals surface area contributed by atoms with E-state index in [1.54, 1.807) is 25.3 Å². The van der Waals surface area contributed by atoms with E-state index in [1.165, 1.54) is 18.4 Å². The highest BCUT2D eigenvalue weighted by atomic mass is 79.9. The average molecular weight is 358 g/mol. The summed E-state index contributed by atoms with van der Waals surface area (Å²) in [5.74, 6) is -0.0355. The number of halogens is 1. The Balaban J connectivity index is 2.31. The predicted molar refractivity (Wildman–Crippen MR) is 79.8 cm³/mol. The number of rotatable bonds is 5. The van der Waals surface area contributed by atoms with E-state index in [-0.39, 0.29) is 5.69 Å². The summed E-state index contributed by atoms with van der Waals surface area (Å²) in [6.45, 7) is 2.04. The first-order valence-electron chi connectivity index (χ1n) is 5.75. The van der Waals surface area contributed by atoms with E-state index in [9.17, 15) is 4.79 Å². The molecule has 0 aromatic carbocycles. The average Bonchev–Trinajstić information content (AvgIpc) is 2.80. The first kappa shape index (κ1) is 14.7. The first-order valence-corrected chi connectivity index (χ1v) is 7.36. The molecule has 106 valence electrons. The maximum atomic E-state index is 11.8. The highest BCUT2D eigenvalue weighted by Gasteiger charge is 2.19. The number of thiazole rings is 1. The smallest absolute Gasteiger partial charge is 0.360 e. The van der Waals surface area contributed by atoms with Gasteiger partial charge in [0, 0.05) is 6.20 Å². The van der Waals surface area contributed by atoms with Crippen molar-refractivity contribution in [2.75, 3.05) is 19.0 Å². The molecule has 0 fully saturated rings. The Labute approximate surface area is 128 Å². The van der Waals surface area contributed by atoms with Crippen molar-refractivity contribution in [2.24, 2.45) is 0 Å². The molecule has 2 aromatic heterocycles. The first-order chi connectivity index (χ1) is 9.65. The molecule has 0 atom stereocenters. The number of carbonyl (C=O) groups excluding carboxylic acids is 1. The number of hydrogen-bond donors (Lipinski definition) is 1. The summed E-state index contributed by atoms with van der Waals surface area (Å²) in [4.78, 5) is 20.0. The number of anilines is 2. The number of nitrogens with one attached hydrogen (secondary N) is 1. The predicted octanol–water partition coefficient (Wildman–Crippen LogP) is 3.23. The second kappa shape index (κ2) is 6.67. The van der Waals surface area contributed by atoms with Gasteiger partial charge in [-0.3, -0.25) is 0 Å². The molecule has 0 aliphatic heterocycles. The van der Waals surface area contributed by atoms with Crippen LogP contribution in [0.2, 0.25) is 0 Å². The SMILES string of the molecule is CCOC(=O)c1nc(Br)sc1Nc1cccnc1OC. The summed E-state index contributed by atoms with van der Waals surface area (Å²) in [6.07, 6.45) is 1.62. The van der Waals surface area contributed by atoms with Crippen LogP contribution in [-0.4, -0.2) is 29.7 Å². The maximum absolute atomic E-state index is 11.8. The molecule has 0 saturated heterocycles. The second-order valence-electron chi connectivity index (χ2n) is 3.55. The molecule has 8 heteroatoms. The highest BCUT2D eigenvalue weighted by Crippen LogP contribution is 2.33. The van der Waals surface area contributed by atoms with Gasteiger partial charge in [-0.1, -0.05) is 11.3 Å². The van der Waals surface area contributed by atoms with Gasteiger partial charge in [-0.05, 0) is 35.0 Å². The molecule has 0 amide bonds. The van der Waals surface area contributed by atoms with Gasteiger partial charge in [0.15, 0.2) is 9.61 Å². The van der Waals surface area contributed by atoms with Crippen LogP contribution in [0.15, 0.2) is 22.2 Å². The van der Waals surface area contributed by atoms with Gasteiger partial charge in [-0.2, -0.15) is 0 Å². The summed E-state index contributed by atoms with van der Waals surface area (Å²) < 4.78 is 10.7. The molecule has 2 rings (SSSR count). The second-order valence-corrected chi connectivity index (χ2v) is 5.83. The van der Waals surface area contributed by atoms with Crippen molar-refractivity contribution in [3.63, 3.8) is 0 Å². The minimum atomic E-state index is -0.472. The fourth-order valence-electron chi connectivity index (χ4n) is 1.49. The van der Waals surface area contributed by atoms with Crippen molar-refractivity contribution in [1.29, 1.82) is 0 Å². The Kier molecular flexibility index (Phi) is 4.91. The third-order valence-corrected chi connectivity index (χ3v) is 3.70. The van der Waals surface area contributed by atoms with Crippen molar-refractivity contribution in [3.05, 3.63) is 27.9 Å². The van der Waals surface area contributed by atoms with Gasteiger partial charge in [0.2, 0.25) is 5.88 Å². The van der Waals surface area contributed by atoms with Crippen LogP contribution in [0.1, 0.15) is 17.4 Å². The van der Waals surface area contributed by atoms with Crippen LogP contribution in [0.5, 0.6) is 5.88 Å². The number of pyridine rings is 1. The molecule has 6 nitrogen and oxygen atoms in total. The lowest BCUT2D eigenvalue weighted by molar-refractivity contribution is 0.0521. The van der Waals surface area contributed by atoms with Crippen LogP contribution < -0.4 is 10.1 Å². The number of aromatic nitrogens is 2. The fraction of sp³-hybridized carbons (Fsp3) is 0.250. The molecule has 0 unspecified atom stereocenters. The summed E-state index contributed by atoms with van der Waals surface area (Å²) >= 11 is 4.56. The number of esters is 1. The third-order valence-electron chi connectivity index (χ3n) is 2.28. The standard InChI is InChI=1S/C12H12BrN3O3S/c1-3-19-11(17)8-10(20-12(13)16-8)15-7-5-4-6-14-9(7)18-2/h4-6,15H,3H2,1-2H3. The molecule has 0 spiro atoms. The van der Waals surface area contributed by atoms with Crippen molar-refractivity contribution >= 4 is 43.9 Å². The largest absolute Gasteiger partial charge is 0.480 e. The summed E-state index contributed by atoms with van der Waals surface area (Å²) in [5.41, 5.74) is 0.881. The molecule has 0 bridgehead atoms. The molecule has 0 radical (unpaired) electrons. The van der Waals surface area contributed by atoms with Gasteiger partial charge in [0.05, 0.1) is 13.7 Å². The van der Waals surface area contributed by atoms with E-state index < -0.39 is 5.97 Å². The molecule has 2 heterocycles. The normalized spacial score (nSPS) is 10.2. The Morgan fingerprint density at radius 2 is 2.35 bits per heavy atom. The minimum Gasteiger partial charge on any atom is -0.480 e. The summed E-state index contributed by atoms with van der Waals surface area (Å²) in [7, 11) is 1.53. The molecule has 20 heavy (non-hydrogen) atoms. The lowest BCUT2D eigenvalue weighted by Crippen LogP contribution is -2.07. The van der Waals surface area contributed by atoms with Gasteiger partial charge >= 0.3 is 5.97 Å². The van der Waals surface area contributed by atoms with Crippen LogP contribution in [0.4, 0.5) is 10.7 Å². The number of methoxy groups -OCH3 is 1. The number of nitrogens with zero attached hydrogens (tertiary/aromatic N) is 2. The van der Waals surface area contributed by atoms with Crippen LogP contribution >= 0.6 is 27.3 Å². The van der Waals surface area contributed by atoms with E-state index >= 15 is 0 Å². The highest BCUT2D eigenvalue weighted by molar-refractivity contribution is 9.11. The lowest BCUT2D eigenvalue weighted by atomic mass is 10.4. The molecule has 0 aliphatic carbocycles. The van der Waals surface area contributed by atoms with Gasteiger partial charge in [0.1, 0.15) is 10.7 Å². The van der Waals surface area contributed by atoms with Gasteiger partial charge in [-0.15, -0.1) is 0 Å². The van der Waals surface area contributed by atoms with Crippen LogP contribution in [0.25, 0.3) is 0 Å². The van der Waals surface area contributed by atoms with Gasteiger partial charge in [-0.25, -0.2) is 14.8 Å². The van der Waals surface area contributed by atoms with Crippen molar-refractivity contribution in [3.8, 4) is 5.88 Å².